The number of carbonyl (C=O) groups is 2. The van der Waals surface area contributed by atoms with Crippen molar-refractivity contribution >= 4 is 50.5 Å². The Morgan fingerprint density at radius 1 is 0.651 bits per heavy atom. The molecule has 6 heteroatoms. The van der Waals surface area contributed by atoms with Crippen molar-refractivity contribution in [3.63, 3.8) is 0 Å². The lowest BCUT2D eigenvalue weighted by atomic mass is 10.0. The van der Waals surface area contributed by atoms with Gasteiger partial charge in [-0.2, -0.15) is 0 Å². The number of methoxy groups -OCH3 is 1. The Hall–Kier alpha value is -5.36. The zero-order chi connectivity index (χ0) is 30.2. The molecule has 5 aromatic rings. The molecule has 5 rings (SSSR count). The molecule has 0 atom stereocenters. The second-order valence-electron chi connectivity index (χ2n) is 9.98. The van der Waals surface area contributed by atoms with Gasteiger partial charge in [-0.3, -0.25) is 0 Å². The van der Waals surface area contributed by atoms with Crippen LogP contribution in [0.5, 0.6) is 5.75 Å². The number of anilines is 3. The van der Waals surface area contributed by atoms with E-state index in [9.17, 15) is 9.59 Å². The fourth-order valence-corrected chi connectivity index (χ4v) is 5.14. The first kappa shape index (κ1) is 29.1. The summed E-state index contributed by atoms with van der Waals surface area (Å²) in [7, 11) is 1.65. The van der Waals surface area contributed by atoms with E-state index in [0.29, 0.717) is 12.8 Å². The van der Waals surface area contributed by atoms with Crippen molar-refractivity contribution in [3.8, 4) is 5.75 Å². The molecule has 0 unspecified atom stereocenters. The minimum absolute atomic E-state index is 0.213. The molecule has 0 aromatic heterocycles. The van der Waals surface area contributed by atoms with Crippen LogP contribution < -0.4 is 9.64 Å². The van der Waals surface area contributed by atoms with Crippen LogP contribution in [0.4, 0.5) is 17.1 Å². The van der Waals surface area contributed by atoms with E-state index in [4.69, 9.17) is 14.2 Å². The maximum absolute atomic E-state index is 11.7. The third-order valence-electron chi connectivity index (χ3n) is 7.22. The molecule has 0 N–H and O–H groups in total. The molecule has 0 aliphatic heterocycles. The van der Waals surface area contributed by atoms with Gasteiger partial charge in [0.05, 0.1) is 20.3 Å². The minimum Gasteiger partial charge on any atom is -0.497 e. The molecule has 6 nitrogen and oxygen atoms in total. The molecule has 0 aliphatic carbocycles. The maximum Gasteiger partial charge on any atom is 0.330 e. The zero-order valence-corrected chi connectivity index (χ0v) is 24.1. The highest BCUT2D eigenvalue weighted by Crippen LogP contribution is 2.39. The average Bonchev–Trinajstić information content (AvgIpc) is 3.04. The number of hydrogen-bond acceptors (Lipinski definition) is 6. The highest BCUT2D eigenvalue weighted by molar-refractivity contribution is 6.08. The van der Waals surface area contributed by atoms with E-state index in [2.05, 4.69) is 84.8 Å². The summed E-state index contributed by atoms with van der Waals surface area (Å²) in [6, 6.07) is 33.3. The van der Waals surface area contributed by atoms with Gasteiger partial charge in [-0.25, -0.2) is 9.59 Å². The Morgan fingerprint density at radius 3 is 1.86 bits per heavy atom. The quantitative estimate of drug-likeness (QED) is 0.0859. The molecule has 0 spiro atoms. The number of carbonyl (C=O) groups excluding carboxylic acids is 2. The topological polar surface area (TPSA) is 65.1 Å². The normalized spacial score (nSPS) is 10.7. The molecule has 0 amide bonds. The SMILES string of the molecule is C=CC(=O)OCCc1cc(CCOC(=O)C=C)cc(N(c2ccc(OC)cc2)c2ccc3c(ccc4ccccc43)c2)c1. The van der Waals surface area contributed by atoms with Crippen molar-refractivity contribution in [3.05, 3.63) is 133 Å². The molecule has 0 fully saturated rings. The maximum atomic E-state index is 11.7. The van der Waals surface area contributed by atoms with Gasteiger partial charge in [-0.15, -0.1) is 0 Å². The number of esters is 2. The molecule has 0 saturated carbocycles. The van der Waals surface area contributed by atoms with Gasteiger partial charge in [0.2, 0.25) is 0 Å². The van der Waals surface area contributed by atoms with E-state index in [0.717, 1.165) is 51.5 Å². The summed E-state index contributed by atoms with van der Waals surface area (Å²) in [5, 5.41) is 4.70. The minimum atomic E-state index is -0.462. The number of hydrogen-bond donors (Lipinski definition) is 0. The first-order valence-corrected chi connectivity index (χ1v) is 14.1. The Balaban J connectivity index is 1.60. The lowest BCUT2D eigenvalue weighted by Crippen LogP contribution is -2.12. The van der Waals surface area contributed by atoms with E-state index < -0.39 is 11.9 Å². The van der Waals surface area contributed by atoms with Gasteiger partial charge in [0.25, 0.3) is 0 Å². The molecule has 216 valence electrons. The molecular weight excluding hydrogens is 538 g/mol. The van der Waals surface area contributed by atoms with Gasteiger partial charge >= 0.3 is 11.9 Å². The van der Waals surface area contributed by atoms with Gasteiger partial charge < -0.3 is 19.1 Å². The van der Waals surface area contributed by atoms with Gasteiger partial charge in [-0.05, 0) is 81.2 Å². The summed E-state index contributed by atoms with van der Waals surface area (Å²) in [6.45, 7) is 7.37. The van der Waals surface area contributed by atoms with Crippen molar-refractivity contribution in [1.29, 1.82) is 0 Å². The largest absolute Gasteiger partial charge is 0.497 e. The van der Waals surface area contributed by atoms with Crippen LogP contribution >= 0.6 is 0 Å². The summed E-state index contributed by atoms with van der Waals surface area (Å²) >= 11 is 0. The number of ether oxygens (including phenoxy) is 3. The number of rotatable bonds is 12. The van der Waals surface area contributed by atoms with E-state index >= 15 is 0 Å². The number of fused-ring (bicyclic) bond motifs is 3. The molecule has 5 aromatic carbocycles. The lowest BCUT2D eigenvalue weighted by Gasteiger charge is -2.27. The predicted molar refractivity (Wildman–Crippen MR) is 172 cm³/mol. The van der Waals surface area contributed by atoms with Crippen LogP contribution in [-0.2, 0) is 31.9 Å². The van der Waals surface area contributed by atoms with Crippen LogP contribution in [0.2, 0.25) is 0 Å². The summed E-state index contributed by atoms with van der Waals surface area (Å²) in [4.78, 5) is 25.5. The van der Waals surface area contributed by atoms with E-state index in [1.54, 1.807) is 7.11 Å². The second kappa shape index (κ2) is 13.5. The molecule has 0 saturated heterocycles. The van der Waals surface area contributed by atoms with Crippen molar-refractivity contribution < 1.29 is 23.8 Å². The van der Waals surface area contributed by atoms with E-state index in [1.807, 2.05) is 30.3 Å². The fraction of sp³-hybridized carbons (Fsp3) is 0.135. The third kappa shape index (κ3) is 6.93. The van der Waals surface area contributed by atoms with Crippen LogP contribution in [0, 0.1) is 0 Å². The highest BCUT2D eigenvalue weighted by Gasteiger charge is 2.16. The monoisotopic (exact) mass is 571 g/mol. The summed E-state index contributed by atoms with van der Waals surface area (Å²) in [6.07, 6.45) is 3.33. The Kier molecular flexibility index (Phi) is 9.17. The Morgan fingerprint density at radius 2 is 1.23 bits per heavy atom. The van der Waals surface area contributed by atoms with Crippen LogP contribution in [0.3, 0.4) is 0 Å². The van der Waals surface area contributed by atoms with Gasteiger partial charge in [0.1, 0.15) is 5.75 Å². The van der Waals surface area contributed by atoms with Crippen LogP contribution in [-0.4, -0.2) is 32.3 Å². The first-order chi connectivity index (χ1) is 21.0. The molecule has 0 heterocycles. The van der Waals surface area contributed by atoms with Crippen LogP contribution in [0.15, 0.2) is 122 Å². The van der Waals surface area contributed by atoms with Crippen molar-refractivity contribution in [2.45, 2.75) is 12.8 Å². The summed E-state index contributed by atoms with van der Waals surface area (Å²) < 4.78 is 16.0. The van der Waals surface area contributed by atoms with Gasteiger partial charge in [0.15, 0.2) is 0 Å². The van der Waals surface area contributed by atoms with Crippen LogP contribution in [0.1, 0.15) is 11.1 Å². The summed E-state index contributed by atoms with van der Waals surface area (Å²) in [5.41, 5.74) is 4.80. The number of nitrogens with zero attached hydrogens (tertiary/aromatic N) is 1. The van der Waals surface area contributed by atoms with Crippen LogP contribution in [0.25, 0.3) is 21.5 Å². The predicted octanol–water partition coefficient (Wildman–Crippen LogP) is 8.01. The van der Waals surface area contributed by atoms with Gasteiger partial charge in [-0.1, -0.05) is 61.7 Å². The highest BCUT2D eigenvalue weighted by atomic mass is 16.5. The molecular formula is C37H33NO5. The van der Waals surface area contributed by atoms with Crippen molar-refractivity contribution in [2.24, 2.45) is 0 Å². The zero-order valence-electron chi connectivity index (χ0n) is 24.1. The van der Waals surface area contributed by atoms with Crippen molar-refractivity contribution in [2.75, 3.05) is 25.2 Å². The standard InChI is InChI=1S/C37H33NO5/c1-4-36(39)42-20-18-26-22-27(19-21-43-37(40)5-2)24-32(23-26)38(30-12-15-33(41-3)16-13-30)31-14-17-35-29(25-31)11-10-28-8-6-7-9-34(28)35/h4-17,22-25H,1-2,18-21H2,3H3. The smallest absolute Gasteiger partial charge is 0.330 e. The molecule has 0 aliphatic rings. The van der Waals surface area contributed by atoms with E-state index in [1.165, 1.54) is 16.2 Å². The first-order valence-electron chi connectivity index (χ1n) is 14.1. The molecule has 43 heavy (non-hydrogen) atoms. The number of benzene rings is 5. The summed E-state index contributed by atoms with van der Waals surface area (Å²) in [5.74, 6) is -0.163. The average molecular weight is 572 g/mol. The Labute approximate surface area is 251 Å². The second-order valence-corrected chi connectivity index (χ2v) is 9.98. The van der Waals surface area contributed by atoms with Crippen molar-refractivity contribution in [1.82, 2.24) is 0 Å². The van der Waals surface area contributed by atoms with Gasteiger partial charge in [0, 0.05) is 42.1 Å². The molecule has 0 bridgehead atoms. The fourth-order valence-electron chi connectivity index (χ4n) is 5.14. The molecule has 0 radical (unpaired) electrons. The Bertz CT molecular complexity index is 1750. The van der Waals surface area contributed by atoms with E-state index in [-0.39, 0.29) is 13.2 Å². The lowest BCUT2D eigenvalue weighted by molar-refractivity contribution is -0.138. The third-order valence-corrected chi connectivity index (χ3v) is 7.22.